The smallest absolute Gasteiger partial charge is 0.339 e. The maximum Gasteiger partial charge on any atom is 0.339 e. The van der Waals surface area contributed by atoms with Crippen LogP contribution in [0.25, 0.3) is 28.1 Å². The van der Waals surface area contributed by atoms with Gasteiger partial charge in [-0.1, -0.05) is 41.0 Å². The second-order valence-electron chi connectivity index (χ2n) is 6.63. The van der Waals surface area contributed by atoms with E-state index < -0.39 is 5.97 Å². The maximum absolute atomic E-state index is 11.4. The molecule has 0 fully saturated rings. The highest BCUT2D eigenvalue weighted by atomic mass is 35.5. The van der Waals surface area contributed by atoms with E-state index in [9.17, 15) is 4.79 Å². The summed E-state index contributed by atoms with van der Waals surface area (Å²) in [5.41, 5.74) is 1.52. The summed E-state index contributed by atoms with van der Waals surface area (Å²) < 4.78 is 16.9. The summed E-state index contributed by atoms with van der Waals surface area (Å²) in [6.07, 6.45) is 1.42. The van der Waals surface area contributed by atoms with Crippen LogP contribution in [0.15, 0.2) is 47.1 Å². The van der Waals surface area contributed by atoms with Crippen LogP contribution in [0.2, 0.25) is 5.15 Å². The molecule has 0 spiro atoms. The number of hydrogen-bond acceptors (Lipinski definition) is 10. The van der Waals surface area contributed by atoms with Crippen LogP contribution in [0.1, 0.15) is 21.9 Å². The number of aromatic nitrogens is 7. The summed E-state index contributed by atoms with van der Waals surface area (Å²) in [5, 5.41) is 18.5. The Morgan fingerprint density at radius 1 is 1.12 bits per heavy atom. The highest BCUT2D eigenvalue weighted by Crippen LogP contribution is 2.26. The van der Waals surface area contributed by atoms with Crippen molar-refractivity contribution in [1.29, 1.82) is 0 Å². The van der Waals surface area contributed by atoms with Gasteiger partial charge in [-0.15, -0.1) is 10.2 Å². The van der Waals surface area contributed by atoms with Crippen LogP contribution < -0.4 is 0 Å². The number of nitrogens with zero attached hydrogens (tertiary/aromatic N) is 7. The molecule has 11 nitrogen and oxygen atoms in total. The molecule has 0 saturated carbocycles. The van der Waals surface area contributed by atoms with E-state index in [4.69, 9.17) is 20.9 Å². The lowest BCUT2D eigenvalue weighted by molar-refractivity contribution is 0.0599. The third-order valence-electron chi connectivity index (χ3n) is 4.61. The summed E-state index contributed by atoms with van der Waals surface area (Å²) >= 11 is 6.32. The van der Waals surface area contributed by atoms with Crippen molar-refractivity contribution >= 4 is 34.0 Å². The van der Waals surface area contributed by atoms with Crippen LogP contribution in [0.3, 0.4) is 0 Å². The summed E-state index contributed by atoms with van der Waals surface area (Å²) in [4.78, 5) is 19.9. The van der Waals surface area contributed by atoms with Gasteiger partial charge in [0.05, 0.1) is 25.0 Å². The number of halogens is 1. The third kappa shape index (κ3) is 3.63. The standard InChI is InChI=1S/C20H14ClN7O4/c1-30-20(29)11-6-7-12(22-8-11)9-31-10-15-23-17(27-32-15)19-25-24-18-14-5-3-2-4-13(14)16(21)26-28(18)19/h2-8H,9-10H2,1H3. The van der Waals surface area contributed by atoms with Gasteiger partial charge < -0.3 is 14.0 Å². The molecule has 0 aliphatic rings. The van der Waals surface area contributed by atoms with Crippen molar-refractivity contribution in [3.05, 3.63) is 64.9 Å². The van der Waals surface area contributed by atoms with E-state index >= 15 is 0 Å². The summed E-state index contributed by atoms with van der Waals surface area (Å²) in [7, 11) is 1.31. The molecule has 0 unspecified atom stereocenters. The van der Waals surface area contributed by atoms with Crippen molar-refractivity contribution in [3.63, 3.8) is 0 Å². The quantitative estimate of drug-likeness (QED) is 0.355. The number of pyridine rings is 1. The Hall–Kier alpha value is -3.96. The highest BCUT2D eigenvalue weighted by Gasteiger charge is 2.19. The molecule has 0 saturated heterocycles. The number of hydrogen-bond donors (Lipinski definition) is 0. The number of methoxy groups -OCH3 is 1. The molecule has 4 heterocycles. The van der Waals surface area contributed by atoms with E-state index in [1.807, 2.05) is 24.3 Å². The average molecular weight is 452 g/mol. The molecule has 5 aromatic rings. The minimum absolute atomic E-state index is 0.0568. The monoisotopic (exact) mass is 451 g/mol. The molecule has 0 radical (unpaired) electrons. The van der Waals surface area contributed by atoms with Crippen molar-refractivity contribution < 1.29 is 18.8 Å². The molecule has 0 bridgehead atoms. The van der Waals surface area contributed by atoms with Gasteiger partial charge in [0.1, 0.15) is 6.61 Å². The van der Waals surface area contributed by atoms with E-state index in [0.29, 0.717) is 27.9 Å². The predicted octanol–water partition coefficient (Wildman–Crippen LogP) is 2.88. The first-order valence-electron chi connectivity index (χ1n) is 9.37. The SMILES string of the molecule is COC(=O)c1ccc(COCc2nc(-c3nnc4c5ccccc5c(Cl)nn34)no2)nc1. The van der Waals surface area contributed by atoms with Gasteiger partial charge in [0.2, 0.25) is 11.6 Å². The van der Waals surface area contributed by atoms with Crippen molar-refractivity contribution in [2.45, 2.75) is 13.2 Å². The van der Waals surface area contributed by atoms with E-state index in [-0.39, 0.29) is 24.9 Å². The summed E-state index contributed by atoms with van der Waals surface area (Å²) in [5.74, 6) is 0.293. The van der Waals surface area contributed by atoms with Crippen LogP contribution >= 0.6 is 11.6 Å². The predicted molar refractivity (Wildman–Crippen MR) is 111 cm³/mol. The largest absolute Gasteiger partial charge is 0.465 e. The zero-order chi connectivity index (χ0) is 22.1. The maximum atomic E-state index is 11.4. The van der Waals surface area contributed by atoms with Crippen LogP contribution in [0.5, 0.6) is 0 Å². The summed E-state index contributed by atoms with van der Waals surface area (Å²) in [6, 6.07) is 10.8. The minimum Gasteiger partial charge on any atom is -0.465 e. The van der Waals surface area contributed by atoms with Crippen molar-refractivity contribution in [2.75, 3.05) is 7.11 Å². The molecule has 0 amide bonds. The van der Waals surface area contributed by atoms with E-state index in [0.717, 1.165) is 10.8 Å². The number of carbonyl (C=O) groups is 1. The van der Waals surface area contributed by atoms with E-state index in [2.05, 4.69) is 35.2 Å². The van der Waals surface area contributed by atoms with Gasteiger partial charge in [0, 0.05) is 17.0 Å². The normalized spacial score (nSPS) is 11.3. The Bertz CT molecular complexity index is 1430. The first-order valence-corrected chi connectivity index (χ1v) is 9.75. The second-order valence-corrected chi connectivity index (χ2v) is 6.99. The first kappa shape index (κ1) is 20.0. The lowest BCUT2D eigenvalue weighted by Crippen LogP contribution is -2.03. The molecule has 0 aliphatic heterocycles. The van der Waals surface area contributed by atoms with Crippen LogP contribution in [0.4, 0.5) is 0 Å². The second kappa shape index (κ2) is 8.29. The van der Waals surface area contributed by atoms with E-state index in [1.54, 1.807) is 12.1 Å². The molecule has 32 heavy (non-hydrogen) atoms. The molecule has 0 aliphatic carbocycles. The topological polar surface area (TPSA) is 130 Å². The minimum atomic E-state index is -0.451. The molecule has 160 valence electrons. The van der Waals surface area contributed by atoms with Crippen molar-refractivity contribution in [1.82, 2.24) is 34.9 Å². The Morgan fingerprint density at radius 3 is 2.75 bits per heavy atom. The van der Waals surface area contributed by atoms with Gasteiger partial charge in [0.25, 0.3) is 5.89 Å². The Balaban J connectivity index is 1.31. The number of esters is 1. The molecule has 5 rings (SSSR count). The molecule has 0 atom stereocenters. The first-order chi connectivity index (χ1) is 15.6. The van der Waals surface area contributed by atoms with Gasteiger partial charge in [0.15, 0.2) is 10.8 Å². The number of rotatable bonds is 6. The molecule has 1 aromatic carbocycles. The van der Waals surface area contributed by atoms with Crippen LogP contribution in [0, 0.1) is 0 Å². The van der Waals surface area contributed by atoms with Crippen molar-refractivity contribution in [2.24, 2.45) is 0 Å². The Kier molecular flexibility index (Phi) is 5.17. The van der Waals surface area contributed by atoms with Crippen molar-refractivity contribution in [3.8, 4) is 11.6 Å². The molecule has 4 aromatic heterocycles. The Morgan fingerprint density at radius 2 is 1.97 bits per heavy atom. The third-order valence-corrected chi connectivity index (χ3v) is 4.89. The molecule has 12 heteroatoms. The Labute approximate surface area is 184 Å². The average Bonchev–Trinajstić information content (AvgIpc) is 3.46. The lowest BCUT2D eigenvalue weighted by atomic mass is 10.2. The summed E-state index contributed by atoms with van der Waals surface area (Å²) in [6.45, 7) is 0.247. The van der Waals surface area contributed by atoms with Gasteiger partial charge in [-0.05, 0) is 12.1 Å². The molecular weight excluding hydrogens is 438 g/mol. The van der Waals surface area contributed by atoms with Crippen LogP contribution in [-0.2, 0) is 22.7 Å². The van der Waals surface area contributed by atoms with Gasteiger partial charge in [-0.2, -0.15) is 14.6 Å². The zero-order valence-electron chi connectivity index (χ0n) is 16.6. The molecular formula is C20H14ClN7O4. The fraction of sp³-hybridized carbons (Fsp3) is 0.150. The lowest BCUT2D eigenvalue weighted by Gasteiger charge is -2.02. The number of fused-ring (bicyclic) bond motifs is 3. The fourth-order valence-electron chi connectivity index (χ4n) is 3.08. The van der Waals surface area contributed by atoms with Crippen LogP contribution in [-0.4, -0.2) is 48.0 Å². The number of carbonyl (C=O) groups excluding carboxylic acids is 1. The van der Waals surface area contributed by atoms with E-state index in [1.165, 1.54) is 17.8 Å². The number of benzene rings is 1. The highest BCUT2D eigenvalue weighted by molar-refractivity contribution is 6.34. The van der Waals surface area contributed by atoms with Gasteiger partial charge in [-0.3, -0.25) is 4.98 Å². The molecule has 0 N–H and O–H groups in total. The number of ether oxygens (including phenoxy) is 2. The van der Waals surface area contributed by atoms with Gasteiger partial charge >= 0.3 is 5.97 Å². The zero-order valence-corrected chi connectivity index (χ0v) is 17.4. The van der Waals surface area contributed by atoms with Gasteiger partial charge in [-0.25, -0.2) is 4.79 Å². The fourth-order valence-corrected chi connectivity index (χ4v) is 3.32.